The Bertz CT molecular complexity index is 1080. The first kappa shape index (κ1) is 17.9. The van der Waals surface area contributed by atoms with Gasteiger partial charge >= 0.3 is 0 Å². The molecule has 4 aromatic rings. The van der Waals surface area contributed by atoms with E-state index in [1.807, 2.05) is 30.3 Å². The molecule has 0 saturated carbocycles. The Labute approximate surface area is 162 Å². The Morgan fingerprint density at radius 1 is 1.04 bits per heavy atom. The minimum atomic E-state index is -0.283. The largest absolute Gasteiger partial charge is 0.352 e. The van der Waals surface area contributed by atoms with Gasteiger partial charge in [0.1, 0.15) is 11.6 Å². The molecule has 2 aromatic heterocycles. The molecule has 0 aliphatic carbocycles. The van der Waals surface area contributed by atoms with Crippen LogP contribution >= 0.6 is 0 Å². The van der Waals surface area contributed by atoms with E-state index >= 15 is 0 Å². The summed E-state index contributed by atoms with van der Waals surface area (Å²) < 4.78 is 15.0. The SMILES string of the molecule is CC[C@H](C)Nc1nc(Nc2ccc(F)cc2)c2cnn(-c3ccccc3)c2n1. The molecule has 0 amide bonds. The maximum absolute atomic E-state index is 13.2. The third-order valence-electron chi connectivity index (χ3n) is 4.52. The van der Waals surface area contributed by atoms with Gasteiger partial charge in [0.25, 0.3) is 0 Å². The summed E-state index contributed by atoms with van der Waals surface area (Å²) in [4.78, 5) is 9.33. The minimum Gasteiger partial charge on any atom is -0.352 e. The average Bonchev–Trinajstić information content (AvgIpc) is 3.14. The lowest BCUT2D eigenvalue weighted by Gasteiger charge is -2.14. The molecule has 0 unspecified atom stereocenters. The van der Waals surface area contributed by atoms with Crippen LogP contribution in [0.3, 0.4) is 0 Å². The molecule has 0 spiro atoms. The number of hydrogen-bond acceptors (Lipinski definition) is 5. The summed E-state index contributed by atoms with van der Waals surface area (Å²) >= 11 is 0. The first-order valence-corrected chi connectivity index (χ1v) is 9.24. The van der Waals surface area contributed by atoms with Crippen LogP contribution in [0.2, 0.25) is 0 Å². The number of benzene rings is 2. The number of halogens is 1. The first-order valence-electron chi connectivity index (χ1n) is 9.24. The number of anilines is 3. The van der Waals surface area contributed by atoms with Crippen molar-refractivity contribution in [2.24, 2.45) is 0 Å². The highest BCUT2D eigenvalue weighted by molar-refractivity contribution is 5.90. The van der Waals surface area contributed by atoms with Crippen LogP contribution in [-0.2, 0) is 0 Å². The Morgan fingerprint density at radius 2 is 1.79 bits per heavy atom. The number of fused-ring (bicyclic) bond motifs is 1. The van der Waals surface area contributed by atoms with Gasteiger partial charge in [-0.1, -0.05) is 25.1 Å². The maximum Gasteiger partial charge on any atom is 0.226 e. The zero-order valence-corrected chi connectivity index (χ0v) is 15.7. The molecule has 0 aliphatic heterocycles. The lowest BCUT2D eigenvalue weighted by atomic mass is 10.2. The van der Waals surface area contributed by atoms with E-state index in [2.05, 4.69) is 34.6 Å². The minimum absolute atomic E-state index is 0.226. The number of nitrogens with one attached hydrogen (secondary N) is 2. The van der Waals surface area contributed by atoms with Gasteiger partial charge in [-0.05, 0) is 49.7 Å². The Hall–Kier alpha value is -3.48. The number of rotatable bonds is 6. The van der Waals surface area contributed by atoms with E-state index in [0.29, 0.717) is 17.4 Å². The highest BCUT2D eigenvalue weighted by Crippen LogP contribution is 2.27. The third-order valence-corrected chi connectivity index (χ3v) is 4.52. The van der Waals surface area contributed by atoms with Crippen LogP contribution in [-0.4, -0.2) is 25.8 Å². The molecule has 4 rings (SSSR count). The van der Waals surface area contributed by atoms with Crippen molar-refractivity contribution in [3.8, 4) is 5.69 Å². The lowest BCUT2D eigenvalue weighted by Crippen LogP contribution is -2.16. The zero-order chi connectivity index (χ0) is 19.5. The molecule has 2 N–H and O–H groups in total. The standard InChI is InChI=1S/C21H21FN6/c1-3-14(2)24-21-26-19(25-16-11-9-15(22)10-12-16)18-13-23-28(20(18)27-21)17-7-5-4-6-8-17/h4-14H,3H2,1-2H3,(H2,24,25,26,27)/t14-/m0/s1. The van der Waals surface area contributed by atoms with Crippen LogP contribution in [0.1, 0.15) is 20.3 Å². The van der Waals surface area contributed by atoms with Crippen LogP contribution in [0.5, 0.6) is 0 Å². The van der Waals surface area contributed by atoms with Crippen LogP contribution in [0.25, 0.3) is 16.7 Å². The zero-order valence-electron chi connectivity index (χ0n) is 15.7. The second kappa shape index (κ2) is 7.64. The molecule has 0 radical (unpaired) electrons. The highest BCUT2D eigenvalue weighted by atomic mass is 19.1. The molecule has 28 heavy (non-hydrogen) atoms. The third kappa shape index (κ3) is 3.64. The van der Waals surface area contributed by atoms with Crippen LogP contribution in [0, 0.1) is 5.82 Å². The second-order valence-corrected chi connectivity index (χ2v) is 6.61. The number of para-hydroxylation sites is 1. The number of nitrogens with zero attached hydrogens (tertiary/aromatic N) is 4. The first-order chi connectivity index (χ1) is 13.6. The van der Waals surface area contributed by atoms with Gasteiger partial charge in [0.15, 0.2) is 5.65 Å². The van der Waals surface area contributed by atoms with Gasteiger partial charge in [0.05, 0.1) is 17.3 Å². The van der Waals surface area contributed by atoms with Crippen LogP contribution in [0.15, 0.2) is 60.8 Å². The Morgan fingerprint density at radius 3 is 2.50 bits per heavy atom. The summed E-state index contributed by atoms with van der Waals surface area (Å²) in [5.41, 5.74) is 2.35. The second-order valence-electron chi connectivity index (χ2n) is 6.61. The van der Waals surface area contributed by atoms with E-state index in [0.717, 1.165) is 23.2 Å². The predicted octanol–water partition coefficient (Wildman–Crippen LogP) is 4.91. The molecular weight excluding hydrogens is 355 g/mol. The molecule has 7 heteroatoms. The van der Waals surface area contributed by atoms with Crippen LogP contribution < -0.4 is 10.6 Å². The van der Waals surface area contributed by atoms with Crippen molar-refractivity contribution in [2.45, 2.75) is 26.3 Å². The average molecular weight is 376 g/mol. The van der Waals surface area contributed by atoms with E-state index in [1.165, 1.54) is 12.1 Å². The van der Waals surface area contributed by atoms with E-state index in [4.69, 9.17) is 4.98 Å². The van der Waals surface area contributed by atoms with Gasteiger partial charge < -0.3 is 10.6 Å². The molecule has 2 heterocycles. The van der Waals surface area contributed by atoms with E-state index in [-0.39, 0.29) is 11.9 Å². The Balaban J connectivity index is 1.82. The van der Waals surface area contributed by atoms with E-state index in [9.17, 15) is 4.39 Å². The monoisotopic (exact) mass is 376 g/mol. The van der Waals surface area contributed by atoms with Gasteiger partial charge in [0.2, 0.25) is 5.95 Å². The summed E-state index contributed by atoms with van der Waals surface area (Å²) in [5, 5.41) is 11.9. The number of hydrogen-bond donors (Lipinski definition) is 2. The smallest absolute Gasteiger partial charge is 0.226 e. The van der Waals surface area contributed by atoms with Crippen molar-refractivity contribution in [2.75, 3.05) is 10.6 Å². The molecular formula is C21H21FN6. The van der Waals surface area contributed by atoms with Gasteiger partial charge in [-0.25, -0.2) is 9.07 Å². The van der Waals surface area contributed by atoms with Crippen molar-refractivity contribution in [1.29, 1.82) is 0 Å². The lowest BCUT2D eigenvalue weighted by molar-refractivity contribution is 0.628. The fourth-order valence-electron chi connectivity index (χ4n) is 2.82. The molecule has 0 bridgehead atoms. The van der Waals surface area contributed by atoms with Crippen molar-refractivity contribution >= 4 is 28.5 Å². The fraction of sp³-hybridized carbons (Fsp3) is 0.190. The molecule has 6 nitrogen and oxygen atoms in total. The molecule has 0 aliphatic rings. The molecule has 142 valence electrons. The summed E-state index contributed by atoms with van der Waals surface area (Å²) in [6.45, 7) is 4.18. The Kier molecular flexibility index (Phi) is 4.89. The molecule has 1 atom stereocenters. The topological polar surface area (TPSA) is 67.7 Å². The summed E-state index contributed by atoms with van der Waals surface area (Å²) in [5.74, 6) is 0.850. The van der Waals surface area contributed by atoms with Gasteiger partial charge in [0, 0.05) is 11.7 Å². The highest BCUT2D eigenvalue weighted by Gasteiger charge is 2.15. The summed E-state index contributed by atoms with van der Waals surface area (Å²) in [6.07, 6.45) is 2.68. The van der Waals surface area contributed by atoms with E-state index in [1.54, 1.807) is 23.0 Å². The predicted molar refractivity (Wildman–Crippen MR) is 110 cm³/mol. The van der Waals surface area contributed by atoms with Crippen molar-refractivity contribution in [1.82, 2.24) is 19.7 Å². The molecule has 0 fully saturated rings. The maximum atomic E-state index is 13.2. The van der Waals surface area contributed by atoms with E-state index < -0.39 is 0 Å². The fourth-order valence-corrected chi connectivity index (χ4v) is 2.82. The summed E-state index contributed by atoms with van der Waals surface area (Å²) in [6, 6.07) is 16.2. The van der Waals surface area contributed by atoms with Gasteiger partial charge in [-0.3, -0.25) is 0 Å². The molecule has 0 saturated heterocycles. The molecule has 2 aromatic carbocycles. The van der Waals surface area contributed by atoms with Crippen molar-refractivity contribution < 1.29 is 4.39 Å². The number of aromatic nitrogens is 4. The summed E-state index contributed by atoms with van der Waals surface area (Å²) in [7, 11) is 0. The normalized spacial score (nSPS) is 12.1. The van der Waals surface area contributed by atoms with Gasteiger partial charge in [-0.15, -0.1) is 0 Å². The van der Waals surface area contributed by atoms with Crippen molar-refractivity contribution in [3.63, 3.8) is 0 Å². The van der Waals surface area contributed by atoms with Gasteiger partial charge in [-0.2, -0.15) is 15.1 Å². The van der Waals surface area contributed by atoms with Crippen LogP contribution in [0.4, 0.5) is 21.8 Å². The quantitative estimate of drug-likeness (QED) is 0.500. The van der Waals surface area contributed by atoms with Crippen molar-refractivity contribution in [3.05, 3.63) is 66.6 Å².